The molecular formula is C20H24ClN3S. The summed E-state index contributed by atoms with van der Waals surface area (Å²) in [5.74, 6) is 1.99. The molecule has 0 spiro atoms. The summed E-state index contributed by atoms with van der Waals surface area (Å²) in [6, 6.07) is 16.4. The van der Waals surface area contributed by atoms with E-state index in [1.54, 1.807) is 11.8 Å². The van der Waals surface area contributed by atoms with Gasteiger partial charge < -0.3 is 9.47 Å². The summed E-state index contributed by atoms with van der Waals surface area (Å²) >= 11 is 7.78. The van der Waals surface area contributed by atoms with Crippen LogP contribution in [0.25, 0.3) is 11.0 Å². The molecular weight excluding hydrogens is 350 g/mol. The number of nitrogens with zero attached hydrogens (tertiary/aromatic N) is 3. The quantitative estimate of drug-likeness (QED) is 0.498. The third-order valence-electron chi connectivity index (χ3n) is 4.45. The van der Waals surface area contributed by atoms with Crippen molar-refractivity contribution in [1.29, 1.82) is 0 Å². The first-order chi connectivity index (χ1) is 12.2. The summed E-state index contributed by atoms with van der Waals surface area (Å²) in [7, 11) is 0. The molecule has 5 heteroatoms. The minimum atomic E-state index is 0.774. The molecule has 0 saturated carbocycles. The summed E-state index contributed by atoms with van der Waals surface area (Å²) in [6.45, 7) is 8.61. The maximum absolute atomic E-state index is 5.98. The minimum Gasteiger partial charge on any atom is -0.326 e. The lowest BCUT2D eigenvalue weighted by atomic mass is 10.3. The second-order valence-corrected chi connectivity index (χ2v) is 7.42. The molecule has 3 nitrogen and oxygen atoms in total. The van der Waals surface area contributed by atoms with Crippen molar-refractivity contribution in [3.05, 3.63) is 59.4 Å². The Balaban J connectivity index is 1.80. The first kappa shape index (κ1) is 18.3. The average Bonchev–Trinajstić information content (AvgIpc) is 3.00. The van der Waals surface area contributed by atoms with Crippen LogP contribution in [-0.4, -0.2) is 34.1 Å². The van der Waals surface area contributed by atoms with Gasteiger partial charge in [0.15, 0.2) is 0 Å². The van der Waals surface area contributed by atoms with Gasteiger partial charge in [-0.1, -0.05) is 37.6 Å². The number of likely N-dealkylation sites (N-methyl/N-ethyl adjacent to an activating group) is 1. The van der Waals surface area contributed by atoms with E-state index in [0.29, 0.717) is 0 Å². The molecule has 0 aliphatic heterocycles. The Labute approximate surface area is 159 Å². The molecule has 0 amide bonds. The van der Waals surface area contributed by atoms with E-state index in [1.165, 1.54) is 10.4 Å². The monoisotopic (exact) mass is 373 g/mol. The number of hydrogen-bond donors (Lipinski definition) is 0. The van der Waals surface area contributed by atoms with Gasteiger partial charge in [0.05, 0.1) is 16.8 Å². The Morgan fingerprint density at radius 1 is 1.04 bits per heavy atom. The van der Waals surface area contributed by atoms with Crippen molar-refractivity contribution < 1.29 is 0 Å². The van der Waals surface area contributed by atoms with Gasteiger partial charge in [-0.15, -0.1) is 11.8 Å². The summed E-state index contributed by atoms with van der Waals surface area (Å²) in [5.41, 5.74) is 2.30. The predicted molar refractivity (Wildman–Crippen MR) is 109 cm³/mol. The van der Waals surface area contributed by atoms with E-state index < -0.39 is 0 Å². The normalized spacial score (nSPS) is 11.5. The van der Waals surface area contributed by atoms with Crippen molar-refractivity contribution in [3.8, 4) is 0 Å². The molecule has 0 aliphatic rings. The topological polar surface area (TPSA) is 21.1 Å². The molecule has 0 fully saturated rings. The lowest BCUT2D eigenvalue weighted by molar-refractivity contribution is 0.291. The molecule has 1 heterocycles. The number of para-hydroxylation sites is 2. The van der Waals surface area contributed by atoms with Crippen molar-refractivity contribution in [2.45, 2.75) is 31.0 Å². The molecule has 0 N–H and O–H groups in total. The fourth-order valence-corrected chi connectivity index (χ4v) is 3.92. The molecule has 0 aliphatic carbocycles. The Morgan fingerprint density at radius 3 is 2.48 bits per heavy atom. The third kappa shape index (κ3) is 4.57. The summed E-state index contributed by atoms with van der Waals surface area (Å²) < 4.78 is 2.37. The van der Waals surface area contributed by atoms with Crippen molar-refractivity contribution in [3.63, 3.8) is 0 Å². The van der Waals surface area contributed by atoms with Gasteiger partial charge in [-0.05, 0) is 49.5 Å². The van der Waals surface area contributed by atoms with Crippen LogP contribution in [0.1, 0.15) is 19.7 Å². The molecule has 1 aromatic heterocycles. The largest absolute Gasteiger partial charge is 0.326 e. The molecule has 0 bridgehead atoms. The molecule has 0 atom stereocenters. The number of rotatable bonds is 8. The van der Waals surface area contributed by atoms with Crippen LogP contribution < -0.4 is 0 Å². The van der Waals surface area contributed by atoms with Crippen LogP contribution >= 0.6 is 23.4 Å². The van der Waals surface area contributed by atoms with Crippen molar-refractivity contribution in [1.82, 2.24) is 14.5 Å². The molecule has 25 heavy (non-hydrogen) atoms. The van der Waals surface area contributed by atoms with Crippen molar-refractivity contribution >= 4 is 34.4 Å². The molecule has 0 radical (unpaired) electrons. The van der Waals surface area contributed by atoms with E-state index in [0.717, 1.165) is 48.3 Å². The van der Waals surface area contributed by atoms with Crippen LogP contribution in [0.3, 0.4) is 0 Å². The first-order valence-electron chi connectivity index (χ1n) is 8.76. The number of thioether (sulfide) groups is 1. The zero-order chi connectivity index (χ0) is 17.6. The van der Waals surface area contributed by atoms with Gasteiger partial charge >= 0.3 is 0 Å². The van der Waals surface area contributed by atoms with Gasteiger partial charge in [0, 0.05) is 23.0 Å². The van der Waals surface area contributed by atoms with Gasteiger partial charge in [0.2, 0.25) is 0 Å². The van der Waals surface area contributed by atoms with E-state index in [1.807, 2.05) is 12.1 Å². The zero-order valence-corrected chi connectivity index (χ0v) is 16.4. The van der Waals surface area contributed by atoms with Gasteiger partial charge in [-0.2, -0.15) is 0 Å². The highest BCUT2D eigenvalue weighted by molar-refractivity contribution is 7.98. The van der Waals surface area contributed by atoms with Crippen LogP contribution in [0.15, 0.2) is 53.4 Å². The number of imidazole rings is 1. The lowest BCUT2D eigenvalue weighted by Gasteiger charge is -2.19. The Bertz CT molecular complexity index is 809. The van der Waals surface area contributed by atoms with Gasteiger partial charge in [0.25, 0.3) is 0 Å². The van der Waals surface area contributed by atoms with Crippen LogP contribution in [0, 0.1) is 0 Å². The second-order valence-electron chi connectivity index (χ2n) is 5.94. The number of halogens is 1. The number of fused-ring (bicyclic) bond motifs is 1. The van der Waals surface area contributed by atoms with Gasteiger partial charge in [-0.3, -0.25) is 0 Å². The number of hydrogen-bond acceptors (Lipinski definition) is 3. The fourth-order valence-electron chi connectivity index (χ4n) is 2.95. The third-order valence-corrected chi connectivity index (χ3v) is 5.71. The van der Waals surface area contributed by atoms with Gasteiger partial charge in [0.1, 0.15) is 5.82 Å². The molecule has 2 aromatic carbocycles. The summed E-state index contributed by atoms with van der Waals surface area (Å²) in [4.78, 5) is 8.54. The average molecular weight is 374 g/mol. The molecule has 132 valence electrons. The SMILES string of the molecule is CCN(CC)CCn1c(CSc2ccc(Cl)cc2)nc2ccccc21. The van der Waals surface area contributed by atoms with E-state index in [2.05, 4.69) is 59.7 Å². The second kappa shape index (κ2) is 8.75. The smallest absolute Gasteiger partial charge is 0.120 e. The van der Waals surface area contributed by atoms with E-state index in [-0.39, 0.29) is 0 Å². The summed E-state index contributed by atoms with van der Waals surface area (Å²) in [6.07, 6.45) is 0. The zero-order valence-electron chi connectivity index (χ0n) is 14.8. The number of aromatic nitrogens is 2. The first-order valence-corrected chi connectivity index (χ1v) is 10.1. The highest BCUT2D eigenvalue weighted by Crippen LogP contribution is 2.26. The lowest BCUT2D eigenvalue weighted by Crippen LogP contribution is -2.27. The Kier molecular flexibility index (Phi) is 6.40. The standard InChI is InChI=1S/C20H24ClN3S/c1-3-23(4-2)13-14-24-19-8-6-5-7-18(19)22-20(24)15-25-17-11-9-16(21)10-12-17/h5-12H,3-4,13-15H2,1-2H3. The highest BCUT2D eigenvalue weighted by Gasteiger charge is 2.11. The molecule has 3 aromatic rings. The van der Waals surface area contributed by atoms with E-state index in [9.17, 15) is 0 Å². The molecule has 0 saturated heterocycles. The Morgan fingerprint density at radius 2 is 1.76 bits per heavy atom. The van der Waals surface area contributed by atoms with Crippen LogP contribution in [0.2, 0.25) is 5.02 Å². The van der Waals surface area contributed by atoms with E-state index >= 15 is 0 Å². The predicted octanol–water partition coefficient (Wildman–Crippen LogP) is 5.32. The van der Waals surface area contributed by atoms with E-state index in [4.69, 9.17) is 16.6 Å². The minimum absolute atomic E-state index is 0.774. The van der Waals surface area contributed by atoms with Crippen LogP contribution in [0.4, 0.5) is 0 Å². The van der Waals surface area contributed by atoms with Gasteiger partial charge in [-0.25, -0.2) is 4.98 Å². The van der Waals surface area contributed by atoms with Crippen LogP contribution in [0.5, 0.6) is 0 Å². The number of benzene rings is 2. The van der Waals surface area contributed by atoms with Crippen LogP contribution in [-0.2, 0) is 12.3 Å². The van der Waals surface area contributed by atoms with Crippen molar-refractivity contribution in [2.24, 2.45) is 0 Å². The Hall–Kier alpha value is -1.49. The molecule has 0 unspecified atom stereocenters. The maximum atomic E-state index is 5.98. The fraction of sp³-hybridized carbons (Fsp3) is 0.350. The maximum Gasteiger partial charge on any atom is 0.120 e. The van der Waals surface area contributed by atoms with Crippen molar-refractivity contribution in [2.75, 3.05) is 19.6 Å². The molecule has 3 rings (SSSR count). The summed E-state index contributed by atoms with van der Waals surface area (Å²) in [5, 5.41) is 0.774. The highest BCUT2D eigenvalue weighted by atomic mass is 35.5.